The van der Waals surface area contributed by atoms with Gasteiger partial charge >= 0.3 is 12.0 Å². The third-order valence-electron chi connectivity index (χ3n) is 7.65. The standard InChI is InChI=1S/C12H26N4O3S.C12H21NO3.C6H11NO.C2H6/c1-6-13-11(17)14-10(12(2,3)4)9-16-8-7-15(5)20(16,18)19;1-3-4-5-6-7-8-10(2)11(12(15)16)13-9-14;1-6-3-2-4-7(6)5-8;1-2/h10H,6-9H2,1-5H3,(H2,13,14,17);7-11H,3-6H2,1-2H3,(H,13,14)(H,15,16);5-6H,2-4H2,1H3;1-2H3/b;8-7-;;/t;;6-;/m..1./s1. The van der Waals surface area contributed by atoms with E-state index < -0.39 is 22.2 Å². The van der Waals surface area contributed by atoms with Gasteiger partial charge < -0.3 is 26.0 Å². The molecule has 0 aromatic carbocycles. The van der Waals surface area contributed by atoms with Crippen LogP contribution in [-0.2, 0) is 24.6 Å². The molecule has 2 aliphatic rings. The lowest BCUT2D eigenvalue weighted by atomic mass is 9.86. The predicted octanol–water partition coefficient (Wildman–Crippen LogP) is 3.82. The summed E-state index contributed by atoms with van der Waals surface area (Å²) < 4.78 is 26.9. The smallest absolute Gasteiger partial charge is 0.326 e. The summed E-state index contributed by atoms with van der Waals surface area (Å²) in [6.07, 6.45) is 12.0. The Labute approximate surface area is 279 Å². The zero-order valence-electron chi connectivity index (χ0n) is 30.0. The highest BCUT2D eigenvalue weighted by Crippen LogP contribution is 2.23. The lowest BCUT2D eigenvalue weighted by molar-refractivity contribution is -0.141. The molecular formula is C32H64N6O7S. The molecule has 0 saturated carbocycles. The van der Waals surface area contributed by atoms with Crippen LogP contribution in [0.1, 0.15) is 101 Å². The normalized spacial score (nSPS) is 19.6. The van der Waals surface area contributed by atoms with Crippen LogP contribution in [0.2, 0.25) is 0 Å². The molecule has 0 bridgehead atoms. The highest BCUT2D eigenvalue weighted by molar-refractivity contribution is 7.87. The van der Waals surface area contributed by atoms with Gasteiger partial charge in [0.15, 0.2) is 0 Å². The van der Waals surface area contributed by atoms with Gasteiger partial charge in [-0.25, -0.2) is 9.59 Å². The van der Waals surface area contributed by atoms with Crippen molar-refractivity contribution in [2.45, 2.75) is 119 Å². The molecule has 14 heteroatoms. The van der Waals surface area contributed by atoms with Crippen LogP contribution in [-0.4, -0.2) is 110 Å². The van der Waals surface area contributed by atoms with Gasteiger partial charge in [-0.2, -0.15) is 17.0 Å². The molecule has 4 N–H and O–H groups in total. The summed E-state index contributed by atoms with van der Waals surface area (Å²) in [5.74, 6) is -1.19. The van der Waals surface area contributed by atoms with E-state index >= 15 is 0 Å². The van der Waals surface area contributed by atoms with Crippen LogP contribution in [0.3, 0.4) is 0 Å². The quantitative estimate of drug-likeness (QED) is 0.123. The van der Waals surface area contributed by atoms with Gasteiger partial charge in [0.2, 0.25) is 12.8 Å². The monoisotopic (exact) mass is 676 g/mol. The Morgan fingerprint density at radius 1 is 1.07 bits per heavy atom. The maximum absolute atomic E-state index is 12.1. The summed E-state index contributed by atoms with van der Waals surface area (Å²) in [6.45, 7) is 20.5. The number of unbranched alkanes of at least 4 members (excludes halogenated alkanes) is 3. The van der Waals surface area contributed by atoms with Crippen molar-refractivity contribution in [1.82, 2.24) is 29.5 Å². The van der Waals surface area contributed by atoms with E-state index in [0.717, 1.165) is 25.8 Å². The number of urea groups is 1. The molecule has 0 spiro atoms. The first-order chi connectivity index (χ1) is 21.6. The summed E-state index contributed by atoms with van der Waals surface area (Å²) in [6, 6.07) is -0.861. The van der Waals surface area contributed by atoms with E-state index in [2.05, 4.69) is 29.8 Å². The van der Waals surface area contributed by atoms with E-state index in [0.29, 0.717) is 32.1 Å². The van der Waals surface area contributed by atoms with Gasteiger partial charge in [-0.05, 0) is 44.9 Å². The molecule has 0 radical (unpaired) electrons. The van der Waals surface area contributed by atoms with Gasteiger partial charge in [-0.15, -0.1) is 0 Å². The summed E-state index contributed by atoms with van der Waals surface area (Å²) in [5, 5.41) is 16.7. The second-order valence-electron chi connectivity index (χ2n) is 12.3. The molecule has 4 atom stereocenters. The van der Waals surface area contributed by atoms with Crippen LogP contribution in [0, 0.1) is 11.3 Å². The SMILES string of the molecule is CC.CCCCC/C=C\C(C)C(NC=O)C(=O)O.CCNC(=O)NC(CN1CCN(C)S1(=O)=O)C(C)(C)C.C[C@@H]1CCCN1C=O. The van der Waals surface area contributed by atoms with E-state index in [1.165, 1.54) is 34.3 Å². The minimum Gasteiger partial charge on any atom is -0.480 e. The van der Waals surface area contributed by atoms with E-state index in [1.807, 2.05) is 58.6 Å². The summed E-state index contributed by atoms with van der Waals surface area (Å²) in [4.78, 5) is 44.7. The molecular weight excluding hydrogens is 612 g/mol. The number of carbonyl (C=O) groups is 4. The number of amides is 4. The third-order valence-corrected chi connectivity index (χ3v) is 9.61. The number of hydrogen-bond acceptors (Lipinski definition) is 6. The fraction of sp³-hybridized carbons (Fsp3) is 0.812. The zero-order chi connectivity index (χ0) is 35.9. The Morgan fingerprint density at radius 2 is 1.70 bits per heavy atom. The van der Waals surface area contributed by atoms with Crippen LogP contribution in [0.5, 0.6) is 0 Å². The van der Waals surface area contributed by atoms with Gasteiger partial charge in [-0.1, -0.05) is 73.5 Å². The molecule has 2 fully saturated rings. The van der Waals surface area contributed by atoms with Crippen LogP contribution in [0.15, 0.2) is 12.2 Å². The number of nitrogens with one attached hydrogen (secondary N) is 3. The first kappa shape index (κ1) is 45.4. The van der Waals surface area contributed by atoms with Crippen LogP contribution >= 0.6 is 0 Å². The largest absolute Gasteiger partial charge is 0.480 e. The Balaban J connectivity index is 0. The Morgan fingerprint density at radius 3 is 2.09 bits per heavy atom. The van der Waals surface area contributed by atoms with Gasteiger partial charge in [0.1, 0.15) is 6.04 Å². The highest BCUT2D eigenvalue weighted by atomic mass is 32.2. The van der Waals surface area contributed by atoms with Gasteiger partial charge in [-0.3, -0.25) is 9.59 Å². The first-order valence-corrected chi connectivity index (χ1v) is 18.0. The number of rotatable bonds is 14. The van der Waals surface area contributed by atoms with Crippen molar-refractivity contribution in [2.75, 3.05) is 39.8 Å². The van der Waals surface area contributed by atoms with E-state index in [4.69, 9.17) is 5.11 Å². The van der Waals surface area contributed by atoms with Crippen LogP contribution in [0.4, 0.5) is 4.79 Å². The third kappa shape index (κ3) is 17.8. The molecule has 0 aromatic heterocycles. The Bertz CT molecular complexity index is 1000. The number of aliphatic carboxylic acids is 1. The van der Waals surface area contributed by atoms with Crippen molar-refractivity contribution >= 4 is 35.0 Å². The Kier molecular flexibility index (Phi) is 24.1. The van der Waals surface area contributed by atoms with Crippen molar-refractivity contribution in [3.05, 3.63) is 12.2 Å². The number of carboxylic acid groups (broad SMARTS) is 1. The molecule has 270 valence electrons. The van der Waals surface area contributed by atoms with Gasteiger partial charge in [0.25, 0.3) is 10.2 Å². The number of allylic oxidation sites excluding steroid dienone is 1. The van der Waals surface area contributed by atoms with Gasteiger partial charge in [0, 0.05) is 57.8 Å². The molecule has 0 aliphatic carbocycles. The zero-order valence-corrected chi connectivity index (χ0v) is 30.9. The number of nitrogens with zero attached hydrogens (tertiary/aromatic N) is 3. The fourth-order valence-electron chi connectivity index (χ4n) is 4.54. The number of carbonyl (C=O) groups excluding carboxylic acids is 3. The topological polar surface area (TPSA) is 168 Å². The number of likely N-dealkylation sites (tertiary alicyclic amines) is 1. The fourth-order valence-corrected chi connectivity index (χ4v) is 5.90. The van der Waals surface area contributed by atoms with Crippen molar-refractivity contribution in [1.29, 1.82) is 0 Å². The van der Waals surface area contributed by atoms with Crippen molar-refractivity contribution < 1.29 is 32.7 Å². The van der Waals surface area contributed by atoms with Crippen molar-refractivity contribution in [3.8, 4) is 0 Å². The molecule has 3 unspecified atom stereocenters. The molecule has 2 aliphatic heterocycles. The van der Waals surface area contributed by atoms with E-state index in [1.54, 1.807) is 14.0 Å². The average Bonchev–Trinajstić information content (AvgIpc) is 3.53. The number of hydrogen-bond donors (Lipinski definition) is 4. The lowest BCUT2D eigenvalue weighted by Crippen LogP contribution is -2.53. The van der Waals surface area contributed by atoms with Crippen molar-refractivity contribution in [3.63, 3.8) is 0 Å². The second kappa shape index (κ2) is 24.5. The minimum atomic E-state index is -3.37. The molecule has 4 amide bonds. The summed E-state index contributed by atoms with van der Waals surface area (Å²) in [7, 11) is -1.81. The minimum absolute atomic E-state index is 0.190. The van der Waals surface area contributed by atoms with E-state index in [9.17, 15) is 27.6 Å². The second-order valence-corrected chi connectivity index (χ2v) is 14.4. The summed E-state index contributed by atoms with van der Waals surface area (Å²) >= 11 is 0. The molecule has 0 aromatic rings. The molecule has 46 heavy (non-hydrogen) atoms. The number of carboxylic acids is 1. The van der Waals surface area contributed by atoms with Crippen molar-refractivity contribution in [2.24, 2.45) is 11.3 Å². The first-order valence-electron chi connectivity index (χ1n) is 16.6. The molecule has 2 heterocycles. The van der Waals surface area contributed by atoms with Gasteiger partial charge in [0.05, 0.1) is 0 Å². The number of likely N-dealkylation sites (N-methyl/N-ethyl adjacent to an activating group) is 1. The predicted molar refractivity (Wildman–Crippen MR) is 184 cm³/mol. The molecule has 13 nitrogen and oxygen atoms in total. The highest BCUT2D eigenvalue weighted by Gasteiger charge is 2.38. The average molecular weight is 677 g/mol. The summed E-state index contributed by atoms with van der Waals surface area (Å²) in [5.41, 5.74) is -0.234. The van der Waals surface area contributed by atoms with E-state index in [-0.39, 0.29) is 30.0 Å². The lowest BCUT2D eigenvalue weighted by Gasteiger charge is -2.34. The molecule has 2 rings (SSSR count). The maximum atomic E-state index is 12.1. The Hall–Kier alpha value is -2.71. The van der Waals surface area contributed by atoms with Crippen LogP contribution in [0.25, 0.3) is 0 Å². The molecule has 2 saturated heterocycles. The van der Waals surface area contributed by atoms with Crippen LogP contribution < -0.4 is 16.0 Å². The maximum Gasteiger partial charge on any atom is 0.326 e.